The minimum atomic E-state index is -0.501. The normalized spacial score (nSPS) is 29.1. The molecule has 2 bridgehead atoms. The van der Waals surface area contributed by atoms with E-state index in [4.69, 9.17) is 0 Å². The Morgan fingerprint density at radius 2 is 1.46 bits per heavy atom. The van der Waals surface area contributed by atoms with E-state index in [0.29, 0.717) is 19.4 Å². The number of Topliss-reactive ketones (excluding diaryl/α,β-unsaturated/α-hetero) is 1. The van der Waals surface area contributed by atoms with Crippen molar-refractivity contribution in [1.82, 2.24) is 4.90 Å². The minimum absolute atomic E-state index is 0.0899. The van der Waals surface area contributed by atoms with Crippen molar-refractivity contribution in [2.24, 2.45) is 11.8 Å². The zero-order chi connectivity index (χ0) is 17.8. The molecular weight excluding hydrogens is 326 g/mol. The topological polar surface area (TPSA) is 54.5 Å². The van der Waals surface area contributed by atoms with Crippen molar-refractivity contribution in [3.05, 3.63) is 71.3 Å². The van der Waals surface area contributed by atoms with E-state index in [1.54, 1.807) is 0 Å². The van der Waals surface area contributed by atoms with E-state index in [0.717, 1.165) is 16.7 Å². The van der Waals surface area contributed by atoms with Crippen molar-refractivity contribution >= 4 is 17.6 Å². The molecule has 26 heavy (non-hydrogen) atoms. The number of fused-ring (bicyclic) bond motifs is 1. The van der Waals surface area contributed by atoms with Gasteiger partial charge in [0.15, 0.2) is 0 Å². The van der Waals surface area contributed by atoms with E-state index in [1.807, 2.05) is 54.6 Å². The highest BCUT2D eigenvalue weighted by Crippen LogP contribution is 2.57. The molecular formula is C22H19NO3. The van der Waals surface area contributed by atoms with Crippen molar-refractivity contribution in [2.75, 3.05) is 6.54 Å². The Labute approximate surface area is 151 Å². The summed E-state index contributed by atoms with van der Waals surface area (Å²) >= 11 is 0. The van der Waals surface area contributed by atoms with Gasteiger partial charge in [-0.3, -0.25) is 19.3 Å². The third-order valence-corrected chi connectivity index (χ3v) is 6.25. The smallest absolute Gasteiger partial charge is 0.234 e. The number of benzene rings is 2. The number of carbonyl (C=O) groups excluding carboxylic acids is 3. The maximum absolute atomic E-state index is 13.1. The van der Waals surface area contributed by atoms with E-state index in [2.05, 4.69) is 0 Å². The summed E-state index contributed by atoms with van der Waals surface area (Å²) in [5.41, 5.74) is 3.15. The molecule has 0 radical (unpaired) electrons. The number of hydrogen-bond donors (Lipinski definition) is 0. The molecule has 130 valence electrons. The van der Waals surface area contributed by atoms with Crippen molar-refractivity contribution in [3.8, 4) is 0 Å². The maximum atomic E-state index is 13.1. The lowest BCUT2D eigenvalue weighted by Gasteiger charge is -2.43. The average Bonchev–Trinajstić information content (AvgIpc) is 2.93. The highest BCUT2D eigenvalue weighted by molar-refractivity contribution is 6.11. The lowest BCUT2D eigenvalue weighted by molar-refractivity contribution is -0.140. The molecule has 0 aromatic heterocycles. The largest absolute Gasteiger partial charge is 0.299 e. The van der Waals surface area contributed by atoms with Gasteiger partial charge in [-0.2, -0.15) is 0 Å². The van der Waals surface area contributed by atoms with Gasteiger partial charge in [0, 0.05) is 18.9 Å². The molecule has 0 N–H and O–H groups in total. The summed E-state index contributed by atoms with van der Waals surface area (Å²) in [6.07, 6.45) is 1.03. The summed E-state index contributed by atoms with van der Waals surface area (Å²) in [7, 11) is 0. The monoisotopic (exact) mass is 345 g/mol. The molecule has 3 aliphatic carbocycles. The van der Waals surface area contributed by atoms with Crippen LogP contribution in [0, 0.1) is 11.8 Å². The highest BCUT2D eigenvalue weighted by atomic mass is 16.2. The second-order valence-electron chi connectivity index (χ2n) is 7.50. The molecule has 0 spiro atoms. The molecule has 6 rings (SSSR count). The van der Waals surface area contributed by atoms with E-state index >= 15 is 0 Å². The van der Waals surface area contributed by atoms with Gasteiger partial charge in [-0.05, 0) is 23.1 Å². The third kappa shape index (κ3) is 2.05. The Balaban J connectivity index is 1.48. The molecule has 4 aliphatic rings. The Kier molecular flexibility index (Phi) is 3.36. The van der Waals surface area contributed by atoms with Gasteiger partial charge in [0.25, 0.3) is 0 Å². The van der Waals surface area contributed by atoms with Gasteiger partial charge >= 0.3 is 0 Å². The van der Waals surface area contributed by atoms with Crippen molar-refractivity contribution < 1.29 is 14.4 Å². The Morgan fingerprint density at radius 1 is 0.808 bits per heavy atom. The van der Waals surface area contributed by atoms with Gasteiger partial charge in [0.05, 0.1) is 17.8 Å². The zero-order valence-corrected chi connectivity index (χ0v) is 14.3. The number of imide groups is 1. The lowest BCUT2D eigenvalue weighted by atomic mass is 9.56. The fourth-order valence-corrected chi connectivity index (χ4v) is 5.13. The van der Waals surface area contributed by atoms with Crippen molar-refractivity contribution in [3.63, 3.8) is 0 Å². The van der Waals surface area contributed by atoms with Crippen molar-refractivity contribution in [2.45, 2.75) is 24.7 Å². The molecule has 2 fully saturated rings. The molecule has 1 aliphatic heterocycles. The summed E-state index contributed by atoms with van der Waals surface area (Å²) in [5, 5.41) is 0. The molecule has 2 amide bonds. The maximum Gasteiger partial charge on any atom is 0.234 e. The van der Waals surface area contributed by atoms with Crippen LogP contribution in [-0.2, 0) is 20.8 Å². The van der Waals surface area contributed by atoms with Gasteiger partial charge in [-0.25, -0.2) is 0 Å². The van der Waals surface area contributed by atoms with Crippen LogP contribution in [0.3, 0.4) is 0 Å². The van der Waals surface area contributed by atoms with Crippen LogP contribution in [-0.4, -0.2) is 29.0 Å². The first-order valence-electron chi connectivity index (χ1n) is 9.17. The summed E-state index contributed by atoms with van der Waals surface area (Å²) in [6, 6.07) is 17.7. The molecule has 2 aromatic carbocycles. The van der Waals surface area contributed by atoms with Gasteiger partial charge in [0.1, 0.15) is 5.78 Å². The van der Waals surface area contributed by atoms with Gasteiger partial charge in [-0.15, -0.1) is 0 Å². The first kappa shape index (κ1) is 15.5. The van der Waals surface area contributed by atoms with Crippen LogP contribution in [0.5, 0.6) is 0 Å². The molecule has 4 atom stereocenters. The first-order valence-corrected chi connectivity index (χ1v) is 9.17. The van der Waals surface area contributed by atoms with Gasteiger partial charge < -0.3 is 0 Å². The van der Waals surface area contributed by atoms with Crippen LogP contribution in [0.15, 0.2) is 54.6 Å². The fourth-order valence-electron chi connectivity index (χ4n) is 5.13. The number of amides is 2. The molecule has 1 saturated carbocycles. The van der Waals surface area contributed by atoms with E-state index in [-0.39, 0.29) is 29.4 Å². The molecule has 4 nitrogen and oxygen atoms in total. The van der Waals surface area contributed by atoms with Crippen LogP contribution in [0.25, 0.3) is 0 Å². The van der Waals surface area contributed by atoms with Gasteiger partial charge in [-0.1, -0.05) is 54.6 Å². The second kappa shape index (κ2) is 5.63. The first-order chi connectivity index (χ1) is 12.7. The Hall–Kier alpha value is -2.75. The predicted octanol–water partition coefficient (Wildman–Crippen LogP) is 2.68. The van der Waals surface area contributed by atoms with Crippen LogP contribution >= 0.6 is 0 Å². The Bertz CT molecular complexity index is 920. The number of nitrogens with zero attached hydrogens (tertiary/aromatic N) is 1. The van der Waals surface area contributed by atoms with E-state index in [1.165, 1.54) is 4.90 Å². The lowest BCUT2D eigenvalue weighted by Crippen LogP contribution is -2.44. The molecule has 2 aromatic rings. The summed E-state index contributed by atoms with van der Waals surface area (Å²) in [6.45, 7) is 0.388. The number of hydrogen-bond acceptors (Lipinski definition) is 3. The van der Waals surface area contributed by atoms with E-state index < -0.39 is 11.8 Å². The summed E-state index contributed by atoms with van der Waals surface area (Å²) in [5.74, 6) is -1.59. The van der Waals surface area contributed by atoms with Crippen LogP contribution in [0.2, 0.25) is 0 Å². The summed E-state index contributed by atoms with van der Waals surface area (Å²) < 4.78 is 0. The number of ketones is 1. The number of carbonyl (C=O) groups is 3. The predicted molar refractivity (Wildman–Crippen MR) is 95.4 cm³/mol. The van der Waals surface area contributed by atoms with Crippen LogP contribution in [0.4, 0.5) is 0 Å². The van der Waals surface area contributed by atoms with Crippen LogP contribution in [0.1, 0.15) is 34.9 Å². The number of rotatable bonds is 3. The standard InChI is InChI=1S/C22H19NO3/c24-17-12-16-14-8-4-5-9-15(14)18(17)20-19(16)21(25)23(22(20)26)11-10-13-6-2-1-3-7-13/h1-9,16,18-20H,10-12H2/t16-,18-,19+,20-/m0/s1. The SMILES string of the molecule is O=C1C[C@H]2c3ccccc3[C@@H]1[C@@H]1C(=O)N(CCc3ccccc3)C(=O)[C@@H]12. The third-order valence-electron chi connectivity index (χ3n) is 6.25. The molecule has 1 heterocycles. The molecule has 1 saturated heterocycles. The van der Waals surface area contributed by atoms with Crippen LogP contribution < -0.4 is 0 Å². The van der Waals surface area contributed by atoms with E-state index in [9.17, 15) is 14.4 Å². The zero-order valence-electron chi connectivity index (χ0n) is 14.3. The Morgan fingerprint density at radius 3 is 2.23 bits per heavy atom. The highest BCUT2D eigenvalue weighted by Gasteiger charge is 2.62. The number of likely N-dealkylation sites (tertiary alicyclic amines) is 1. The molecule has 0 unspecified atom stereocenters. The second-order valence-corrected chi connectivity index (χ2v) is 7.50. The summed E-state index contributed by atoms with van der Waals surface area (Å²) in [4.78, 5) is 40.2. The fraction of sp³-hybridized carbons (Fsp3) is 0.318. The average molecular weight is 345 g/mol. The van der Waals surface area contributed by atoms with Crippen molar-refractivity contribution in [1.29, 1.82) is 0 Å². The quantitative estimate of drug-likeness (QED) is 0.804. The minimum Gasteiger partial charge on any atom is -0.299 e. The molecule has 4 heteroatoms. The van der Waals surface area contributed by atoms with Gasteiger partial charge in [0.2, 0.25) is 11.8 Å².